The highest BCUT2D eigenvalue weighted by Crippen LogP contribution is 2.31. The summed E-state index contributed by atoms with van der Waals surface area (Å²) in [7, 11) is -2.51. The Labute approximate surface area is 161 Å². The Morgan fingerprint density at radius 2 is 2.07 bits per heavy atom. The van der Waals surface area contributed by atoms with E-state index in [-0.39, 0.29) is 22.4 Å². The molecule has 1 aliphatic heterocycles. The zero-order valence-electron chi connectivity index (χ0n) is 14.5. The van der Waals surface area contributed by atoms with Gasteiger partial charge in [-0.2, -0.15) is 0 Å². The second-order valence-electron chi connectivity index (χ2n) is 6.11. The van der Waals surface area contributed by atoms with Crippen molar-refractivity contribution in [1.82, 2.24) is 0 Å². The van der Waals surface area contributed by atoms with Crippen molar-refractivity contribution in [2.75, 3.05) is 29.9 Å². The maximum atomic E-state index is 13.3. The molecule has 1 amide bonds. The molecule has 2 aromatic rings. The van der Waals surface area contributed by atoms with E-state index in [2.05, 4.69) is 4.72 Å². The minimum absolute atomic E-state index is 0.0521. The minimum Gasteiger partial charge on any atom is -0.375 e. The summed E-state index contributed by atoms with van der Waals surface area (Å²) < 4.78 is 45.8. The van der Waals surface area contributed by atoms with Crippen LogP contribution in [0, 0.1) is 5.82 Å². The highest BCUT2D eigenvalue weighted by atomic mass is 35.5. The average molecular weight is 413 g/mol. The van der Waals surface area contributed by atoms with Gasteiger partial charge in [-0.3, -0.25) is 9.52 Å². The second-order valence-corrected chi connectivity index (χ2v) is 8.20. The number of rotatable bonds is 5. The number of anilines is 2. The summed E-state index contributed by atoms with van der Waals surface area (Å²) >= 11 is 5.68. The Bertz CT molecular complexity index is 981. The van der Waals surface area contributed by atoms with E-state index in [1.54, 1.807) is 23.1 Å². The third kappa shape index (κ3) is 4.23. The first-order chi connectivity index (χ1) is 12.8. The van der Waals surface area contributed by atoms with Crippen molar-refractivity contribution in [2.45, 2.75) is 17.7 Å². The number of halogens is 2. The third-order valence-corrected chi connectivity index (χ3v) is 5.89. The fraction of sp³-hybridized carbons (Fsp3) is 0.278. The molecule has 1 aliphatic rings. The maximum absolute atomic E-state index is 13.3. The molecular weight excluding hydrogens is 395 g/mol. The van der Waals surface area contributed by atoms with E-state index in [1.807, 2.05) is 0 Å². The van der Waals surface area contributed by atoms with Crippen molar-refractivity contribution in [3.8, 4) is 0 Å². The molecule has 0 saturated carbocycles. The van der Waals surface area contributed by atoms with Gasteiger partial charge in [-0.05, 0) is 48.7 Å². The van der Waals surface area contributed by atoms with E-state index < -0.39 is 15.8 Å². The lowest BCUT2D eigenvalue weighted by molar-refractivity contribution is -0.122. The van der Waals surface area contributed by atoms with Crippen LogP contribution in [0.5, 0.6) is 0 Å². The van der Waals surface area contributed by atoms with Crippen LogP contribution < -0.4 is 9.62 Å². The number of aryl methyl sites for hydroxylation is 1. The molecule has 3 rings (SSSR count). The summed E-state index contributed by atoms with van der Waals surface area (Å²) in [6.07, 6.45) is 1.62. The highest BCUT2D eigenvalue weighted by Gasteiger charge is 2.24. The van der Waals surface area contributed by atoms with Gasteiger partial charge in [0, 0.05) is 19.3 Å². The summed E-state index contributed by atoms with van der Waals surface area (Å²) in [6.45, 7) is 0.489. The molecule has 0 aromatic heterocycles. The molecule has 0 fully saturated rings. The maximum Gasteiger partial charge on any atom is 0.261 e. The molecular formula is C18H18ClFN2O4S. The van der Waals surface area contributed by atoms with Crippen molar-refractivity contribution in [3.05, 3.63) is 52.8 Å². The SMILES string of the molecule is COCC(=O)N1CCCc2ccc(NS(=O)(=O)c3ccc(F)c(Cl)c3)cc21. The first-order valence-corrected chi connectivity index (χ1v) is 10.1. The number of fused-ring (bicyclic) bond motifs is 1. The van der Waals surface area contributed by atoms with Gasteiger partial charge in [-0.15, -0.1) is 0 Å². The van der Waals surface area contributed by atoms with Crippen LogP contribution >= 0.6 is 11.6 Å². The molecule has 9 heteroatoms. The monoisotopic (exact) mass is 412 g/mol. The van der Waals surface area contributed by atoms with Gasteiger partial charge in [0.05, 0.1) is 15.6 Å². The summed E-state index contributed by atoms with van der Waals surface area (Å²) in [4.78, 5) is 13.7. The molecule has 2 aromatic carbocycles. The first-order valence-electron chi connectivity index (χ1n) is 8.22. The van der Waals surface area contributed by atoms with Gasteiger partial charge < -0.3 is 9.64 Å². The number of nitrogens with zero attached hydrogens (tertiary/aromatic N) is 1. The molecule has 0 radical (unpaired) electrons. The quantitative estimate of drug-likeness (QED) is 0.818. The topological polar surface area (TPSA) is 75.7 Å². The van der Waals surface area contributed by atoms with E-state index in [1.165, 1.54) is 7.11 Å². The van der Waals surface area contributed by atoms with Crippen LogP contribution in [0.2, 0.25) is 5.02 Å². The molecule has 0 aliphatic carbocycles. The number of methoxy groups -OCH3 is 1. The number of amides is 1. The minimum atomic E-state index is -3.96. The molecule has 0 atom stereocenters. The number of benzene rings is 2. The number of hydrogen-bond acceptors (Lipinski definition) is 4. The normalized spacial score (nSPS) is 14.0. The van der Waals surface area contributed by atoms with E-state index in [9.17, 15) is 17.6 Å². The average Bonchev–Trinajstić information content (AvgIpc) is 2.63. The van der Waals surface area contributed by atoms with Crippen molar-refractivity contribution in [3.63, 3.8) is 0 Å². The smallest absolute Gasteiger partial charge is 0.261 e. The first kappa shape index (κ1) is 19.6. The van der Waals surface area contributed by atoms with Crippen molar-refractivity contribution < 1.29 is 22.3 Å². The second kappa shape index (κ2) is 7.84. The van der Waals surface area contributed by atoms with Gasteiger partial charge in [0.2, 0.25) is 0 Å². The number of nitrogens with one attached hydrogen (secondary N) is 1. The molecule has 6 nitrogen and oxygen atoms in total. The number of sulfonamides is 1. The Morgan fingerprint density at radius 3 is 2.78 bits per heavy atom. The Morgan fingerprint density at radius 1 is 1.30 bits per heavy atom. The summed E-state index contributed by atoms with van der Waals surface area (Å²) in [5.74, 6) is -0.888. The number of carbonyl (C=O) groups is 1. The molecule has 1 heterocycles. The van der Waals surface area contributed by atoms with E-state index in [0.29, 0.717) is 17.9 Å². The highest BCUT2D eigenvalue weighted by molar-refractivity contribution is 7.92. The van der Waals surface area contributed by atoms with Gasteiger partial charge in [0.25, 0.3) is 15.9 Å². The van der Waals surface area contributed by atoms with Gasteiger partial charge in [0.15, 0.2) is 0 Å². The lowest BCUT2D eigenvalue weighted by atomic mass is 10.0. The zero-order chi connectivity index (χ0) is 19.6. The fourth-order valence-corrected chi connectivity index (χ4v) is 4.28. The molecule has 0 saturated heterocycles. The lowest BCUT2D eigenvalue weighted by Crippen LogP contribution is -2.37. The standard InChI is InChI=1S/C18H18ClFN2O4S/c1-26-11-18(23)22-8-2-3-12-4-5-13(9-17(12)22)21-27(24,25)14-6-7-16(20)15(19)10-14/h4-7,9-10,21H,2-3,8,11H2,1H3. The van der Waals surface area contributed by atoms with Crippen LogP contribution in [-0.4, -0.2) is 34.6 Å². The Hall–Kier alpha value is -2.16. The predicted octanol–water partition coefficient (Wildman–Crippen LogP) is 3.21. The van der Waals surface area contributed by atoms with Gasteiger partial charge in [-0.1, -0.05) is 17.7 Å². The zero-order valence-corrected chi connectivity index (χ0v) is 16.1. The summed E-state index contributed by atoms with van der Waals surface area (Å²) in [5.41, 5.74) is 1.91. The van der Waals surface area contributed by atoms with Gasteiger partial charge >= 0.3 is 0 Å². The van der Waals surface area contributed by atoms with Crippen LogP contribution in [0.25, 0.3) is 0 Å². The predicted molar refractivity (Wildman–Crippen MR) is 101 cm³/mol. The number of hydrogen-bond donors (Lipinski definition) is 1. The van der Waals surface area contributed by atoms with Gasteiger partial charge in [0.1, 0.15) is 12.4 Å². The number of carbonyl (C=O) groups excluding carboxylic acids is 1. The van der Waals surface area contributed by atoms with Crippen molar-refractivity contribution in [1.29, 1.82) is 0 Å². The third-order valence-electron chi connectivity index (χ3n) is 4.23. The van der Waals surface area contributed by atoms with E-state index in [4.69, 9.17) is 16.3 Å². The largest absolute Gasteiger partial charge is 0.375 e. The van der Waals surface area contributed by atoms with Crippen LogP contribution in [-0.2, 0) is 26.0 Å². The van der Waals surface area contributed by atoms with Crippen LogP contribution in [0.1, 0.15) is 12.0 Å². The van der Waals surface area contributed by atoms with Crippen molar-refractivity contribution >= 4 is 38.9 Å². The summed E-state index contributed by atoms with van der Waals surface area (Å²) in [6, 6.07) is 8.21. The number of ether oxygens (including phenoxy) is 1. The lowest BCUT2D eigenvalue weighted by Gasteiger charge is -2.30. The molecule has 27 heavy (non-hydrogen) atoms. The van der Waals surface area contributed by atoms with Gasteiger partial charge in [-0.25, -0.2) is 12.8 Å². The Balaban J connectivity index is 1.91. The molecule has 144 valence electrons. The molecule has 0 spiro atoms. The van der Waals surface area contributed by atoms with Crippen LogP contribution in [0.4, 0.5) is 15.8 Å². The molecule has 1 N–H and O–H groups in total. The van der Waals surface area contributed by atoms with Crippen LogP contribution in [0.3, 0.4) is 0 Å². The Kier molecular flexibility index (Phi) is 5.69. The summed E-state index contributed by atoms with van der Waals surface area (Å²) in [5, 5.41) is -0.278. The molecule has 0 bridgehead atoms. The van der Waals surface area contributed by atoms with Crippen LogP contribution in [0.15, 0.2) is 41.3 Å². The van der Waals surface area contributed by atoms with E-state index in [0.717, 1.165) is 36.6 Å². The molecule has 0 unspecified atom stereocenters. The van der Waals surface area contributed by atoms with E-state index >= 15 is 0 Å². The fourth-order valence-electron chi connectivity index (χ4n) is 2.96. The van der Waals surface area contributed by atoms with Crippen molar-refractivity contribution in [2.24, 2.45) is 0 Å².